The number of hydrogen-bond donors (Lipinski definition) is 1. The van der Waals surface area contributed by atoms with Crippen molar-refractivity contribution in [2.45, 2.75) is 13.5 Å². The van der Waals surface area contributed by atoms with E-state index in [-0.39, 0.29) is 0 Å². The van der Waals surface area contributed by atoms with Crippen molar-refractivity contribution in [3.63, 3.8) is 0 Å². The van der Waals surface area contributed by atoms with Crippen molar-refractivity contribution < 1.29 is 4.74 Å². The predicted molar refractivity (Wildman–Crippen MR) is 81.6 cm³/mol. The average molecular weight is 287 g/mol. The minimum atomic E-state index is 0.868. The van der Waals surface area contributed by atoms with Gasteiger partial charge in [0.05, 0.1) is 7.11 Å². The molecule has 0 amide bonds. The predicted octanol–water partition coefficient (Wildman–Crippen LogP) is 1.44. The first-order valence-electron chi connectivity index (χ1n) is 7.23. The van der Waals surface area contributed by atoms with Crippen molar-refractivity contribution in [2.75, 3.05) is 38.2 Å². The maximum Gasteiger partial charge on any atom is 0.221 e. The Morgan fingerprint density at radius 3 is 2.71 bits per heavy atom. The van der Waals surface area contributed by atoms with Crippen LogP contribution in [-0.4, -0.2) is 53.4 Å². The van der Waals surface area contributed by atoms with Crippen molar-refractivity contribution in [1.82, 2.24) is 20.1 Å². The van der Waals surface area contributed by atoms with E-state index >= 15 is 0 Å². The second kappa shape index (κ2) is 6.13. The van der Waals surface area contributed by atoms with Crippen LogP contribution in [-0.2, 0) is 6.54 Å². The fourth-order valence-electron chi connectivity index (χ4n) is 2.76. The third kappa shape index (κ3) is 3.00. The molecule has 0 saturated carbocycles. The van der Waals surface area contributed by atoms with Crippen LogP contribution in [0.2, 0.25) is 0 Å². The molecule has 1 aliphatic rings. The molecular weight excluding hydrogens is 266 g/mol. The third-order valence-electron chi connectivity index (χ3n) is 4.08. The summed E-state index contributed by atoms with van der Waals surface area (Å²) in [6.45, 7) is 7.08. The van der Waals surface area contributed by atoms with Gasteiger partial charge in [0, 0.05) is 32.7 Å². The summed E-state index contributed by atoms with van der Waals surface area (Å²) in [7, 11) is 1.72. The van der Waals surface area contributed by atoms with E-state index < -0.39 is 0 Å². The maximum atomic E-state index is 5.39. The summed E-state index contributed by atoms with van der Waals surface area (Å²) in [6, 6.07) is 6.26. The van der Waals surface area contributed by atoms with Crippen molar-refractivity contribution in [2.24, 2.45) is 0 Å². The van der Waals surface area contributed by atoms with Crippen LogP contribution in [0, 0.1) is 6.92 Å². The lowest BCUT2D eigenvalue weighted by molar-refractivity contribution is 0.248. The first-order chi connectivity index (χ1) is 10.3. The fourth-order valence-corrected chi connectivity index (χ4v) is 2.76. The zero-order valence-electron chi connectivity index (χ0n) is 12.5. The van der Waals surface area contributed by atoms with E-state index in [0.717, 1.165) is 44.4 Å². The van der Waals surface area contributed by atoms with Crippen LogP contribution < -0.4 is 9.64 Å². The smallest absolute Gasteiger partial charge is 0.221 e. The molecule has 3 rings (SSSR count). The minimum Gasteiger partial charge on any atom is -0.496 e. The van der Waals surface area contributed by atoms with Gasteiger partial charge in [0.1, 0.15) is 12.1 Å². The van der Waals surface area contributed by atoms with Gasteiger partial charge in [-0.1, -0.05) is 12.1 Å². The molecule has 112 valence electrons. The van der Waals surface area contributed by atoms with Gasteiger partial charge in [-0.3, -0.25) is 4.90 Å². The lowest BCUT2D eigenvalue weighted by Crippen LogP contribution is -2.46. The lowest BCUT2D eigenvalue weighted by Gasteiger charge is -2.34. The van der Waals surface area contributed by atoms with E-state index in [1.54, 1.807) is 13.4 Å². The highest BCUT2D eigenvalue weighted by molar-refractivity contribution is 5.39. The Balaban J connectivity index is 1.61. The standard InChI is InChI=1S/C15H21N5O/c1-12-13(4-3-5-14(12)21-2)10-19-6-8-20(9-7-19)15-16-11-17-18-15/h3-5,11H,6-10H2,1-2H3,(H,16,17,18). The summed E-state index contributed by atoms with van der Waals surface area (Å²) in [5.41, 5.74) is 2.57. The lowest BCUT2D eigenvalue weighted by atomic mass is 10.1. The zero-order chi connectivity index (χ0) is 14.7. The molecular formula is C15H21N5O. The maximum absolute atomic E-state index is 5.39. The quantitative estimate of drug-likeness (QED) is 0.922. The number of benzene rings is 1. The summed E-state index contributed by atoms with van der Waals surface area (Å²) in [4.78, 5) is 8.91. The summed E-state index contributed by atoms with van der Waals surface area (Å²) < 4.78 is 5.39. The second-order valence-corrected chi connectivity index (χ2v) is 5.32. The van der Waals surface area contributed by atoms with Gasteiger partial charge in [0.25, 0.3) is 0 Å². The van der Waals surface area contributed by atoms with Crippen molar-refractivity contribution in [1.29, 1.82) is 0 Å². The number of methoxy groups -OCH3 is 1. The summed E-state index contributed by atoms with van der Waals surface area (Å²) in [6.07, 6.45) is 1.56. The molecule has 1 saturated heterocycles. The van der Waals surface area contributed by atoms with Gasteiger partial charge in [-0.15, -0.1) is 0 Å². The van der Waals surface area contributed by atoms with Crippen LogP contribution in [0.4, 0.5) is 5.95 Å². The van der Waals surface area contributed by atoms with Crippen LogP contribution >= 0.6 is 0 Å². The molecule has 2 aromatic rings. The molecule has 1 aliphatic heterocycles. The Bertz CT molecular complexity index is 576. The van der Waals surface area contributed by atoms with Gasteiger partial charge in [-0.2, -0.15) is 10.1 Å². The van der Waals surface area contributed by atoms with Crippen molar-refractivity contribution in [3.05, 3.63) is 35.7 Å². The van der Waals surface area contributed by atoms with Crippen LogP contribution in [0.25, 0.3) is 0 Å². The largest absolute Gasteiger partial charge is 0.496 e. The molecule has 1 N–H and O–H groups in total. The van der Waals surface area contributed by atoms with Gasteiger partial charge >= 0.3 is 0 Å². The number of ether oxygens (including phenoxy) is 1. The van der Waals surface area contributed by atoms with E-state index in [9.17, 15) is 0 Å². The summed E-state index contributed by atoms with van der Waals surface area (Å²) in [5, 5.41) is 6.83. The molecule has 0 atom stereocenters. The van der Waals surface area contributed by atoms with Gasteiger partial charge in [0.15, 0.2) is 0 Å². The Kier molecular flexibility index (Phi) is 4.06. The molecule has 0 bridgehead atoms. The molecule has 21 heavy (non-hydrogen) atoms. The summed E-state index contributed by atoms with van der Waals surface area (Å²) in [5.74, 6) is 1.83. The number of aromatic nitrogens is 3. The van der Waals surface area contributed by atoms with Crippen LogP contribution in [0.15, 0.2) is 24.5 Å². The third-order valence-corrected chi connectivity index (χ3v) is 4.08. The molecule has 6 nitrogen and oxygen atoms in total. The van der Waals surface area contributed by atoms with E-state index in [4.69, 9.17) is 4.74 Å². The number of piperazine rings is 1. The van der Waals surface area contributed by atoms with Crippen molar-refractivity contribution in [3.8, 4) is 5.75 Å². The first-order valence-corrected chi connectivity index (χ1v) is 7.23. The number of nitrogens with zero attached hydrogens (tertiary/aromatic N) is 4. The molecule has 0 unspecified atom stereocenters. The SMILES string of the molecule is COc1cccc(CN2CCN(c3ncn[nH]3)CC2)c1C. The molecule has 0 spiro atoms. The van der Waals surface area contributed by atoms with E-state index in [1.165, 1.54) is 11.1 Å². The normalized spacial score (nSPS) is 16.2. The Morgan fingerprint density at radius 1 is 1.24 bits per heavy atom. The van der Waals surface area contributed by atoms with Crippen molar-refractivity contribution >= 4 is 5.95 Å². The number of hydrogen-bond acceptors (Lipinski definition) is 5. The highest BCUT2D eigenvalue weighted by atomic mass is 16.5. The molecule has 2 heterocycles. The van der Waals surface area contributed by atoms with E-state index in [0.29, 0.717) is 0 Å². The molecule has 1 aromatic carbocycles. The Labute approximate surface area is 124 Å². The number of nitrogens with one attached hydrogen (secondary N) is 1. The highest BCUT2D eigenvalue weighted by Gasteiger charge is 2.19. The topological polar surface area (TPSA) is 57.3 Å². The minimum absolute atomic E-state index is 0.868. The molecule has 0 radical (unpaired) electrons. The number of H-pyrrole nitrogens is 1. The monoisotopic (exact) mass is 287 g/mol. The van der Waals surface area contributed by atoms with Crippen LogP contribution in [0.1, 0.15) is 11.1 Å². The van der Waals surface area contributed by atoms with E-state index in [2.05, 4.69) is 44.0 Å². The number of rotatable bonds is 4. The highest BCUT2D eigenvalue weighted by Crippen LogP contribution is 2.22. The van der Waals surface area contributed by atoms with Gasteiger partial charge in [-0.05, 0) is 24.1 Å². The van der Waals surface area contributed by atoms with Gasteiger partial charge < -0.3 is 9.64 Å². The van der Waals surface area contributed by atoms with Crippen LogP contribution in [0.3, 0.4) is 0 Å². The zero-order valence-corrected chi connectivity index (χ0v) is 12.5. The van der Waals surface area contributed by atoms with Gasteiger partial charge in [0.2, 0.25) is 5.95 Å². The Hall–Kier alpha value is -2.08. The van der Waals surface area contributed by atoms with E-state index in [1.807, 2.05) is 6.07 Å². The first kappa shape index (κ1) is 13.9. The van der Waals surface area contributed by atoms with Gasteiger partial charge in [-0.25, -0.2) is 5.10 Å². The van der Waals surface area contributed by atoms with Crippen LogP contribution in [0.5, 0.6) is 5.75 Å². The second-order valence-electron chi connectivity index (χ2n) is 5.32. The average Bonchev–Trinajstić information content (AvgIpc) is 3.04. The number of aromatic amines is 1. The molecule has 1 fully saturated rings. The summed E-state index contributed by atoms with van der Waals surface area (Å²) >= 11 is 0. The molecule has 0 aliphatic carbocycles. The fraction of sp³-hybridized carbons (Fsp3) is 0.467. The molecule has 6 heteroatoms. The molecule has 1 aromatic heterocycles. The Morgan fingerprint density at radius 2 is 2.05 bits per heavy atom. The number of anilines is 1.